The third-order valence-electron chi connectivity index (χ3n) is 6.99. The lowest BCUT2D eigenvalue weighted by atomic mass is 9.88. The molecule has 0 N–H and O–H groups in total. The van der Waals surface area contributed by atoms with Crippen molar-refractivity contribution in [2.45, 2.75) is 76.3 Å². The first-order valence-electron chi connectivity index (χ1n) is 11.6. The summed E-state index contributed by atoms with van der Waals surface area (Å²) in [5.41, 5.74) is 3.74. The van der Waals surface area contributed by atoms with Crippen molar-refractivity contribution in [3.8, 4) is 11.1 Å². The predicted octanol–water partition coefficient (Wildman–Crippen LogP) is 7.37. The lowest BCUT2D eigenvalue weighted by Gasteiger charge is -2.43. The third kappa shape index (κ3) is 3.90. The van der Waals surface area contributed by atoms with Crippen LogP contribution in [0.1, 0.15) is 64.2 Å². The maximum absolute atomic E-state index is 5.24. The Morgan fingerprint density at radius 2 is 1.24 bits per heavy atom. The number of benzene rings is 2. The molecule has 2 fully saturated rings. The Bertz CT molecular complexity index is 919. The highest BCUT2D eigenvalue weighted by molar-refractivity contribution is 5.96. The molecule has 1 aromatic heterocycles. The molecule has 150 valence electrons. The van der Waals surface area contributed by atoms with Crippen molar-refractivity contribution in [1.82, 2.24) is 4.98 Å². The van der Waals surface area contributed by atoms with Gasteiger partial charge in [-0.15, -0.1) is 0 Å². The minimum absolute atomic E-state index is 0.657. The second-order valence-electron chi connectivity index (χ2n) is 8.90. The van der Waals surface area contributed by atoms with Crippen molar-refractivity contribution in [2.75, 3.05) is 4.90 Å². The number of fused-ring (bicyclic) bond motifs is 1. The average Bonchev–Trinajstić information content (AvgIpc) is 2.81. The minimum Gasteiger partial charge on any atom is -0.351 e. The topological polar surface area (TPSA) is 16.1 Å². The molecule has 29 heavy (non-hydrogen) atoms. The van der Waals surface area contributed by atoms with Crippen molar-refractivity contribution < 1.29 is 0 Å². The van der Waals surface area contributed by atoms with Gasteiger partial charge in [0.05, 0.1) is 5.52 Å². The first kappa shape index (κ1) is 18.7. The van der Waals surface area contributed by atoms with Crippen molar-refractivity contribution in [1.29, 1.82) is 0 Å². The molecule has 5 rings (SSSR count). The van der Waals surface area contributed by atoms with E-state index in [-0.39, 0.29) is 0 Å². The second kappa shape index (κ2) is 8.57. The first-order valence-corrected chi connectivity index (χ1v) is 11.6. The molecule has 0 bridgehead atoms. The molecule has 2 aromatic carbocycles. The molecule has 0 saturated heterocycles. The molecule has 2 nitrogen and oxygen atoms in total. The largest absolute Gasteiger partial charge is 0.351 e. The lowest BCUT2D eigenvalue weighted by molar-refractivity contribution is 0.338. The highest BCUT2D eigenvalue weighted by Gasteiger charge is 2.30. The smallest absolute Gasteiger partial charge is 0.130 e. The van der Waals surface area contributed by atoms with E-state index >= 15 is 0 Å². The Labute approximate surface area is 175 Å². The van der Waals surface area contributed by atoms with E-state index in [0.29, 0.717) is 12.1 Å². The van der Waals surface area contributed by atoms with Crippen molar-refractivity contribution in [2.24, 2.45) is 0 Å². The number of aromatic nitrogens is 1. The monoisotopic (exact) mass is 384 g/mol. The van der Waals surface area contributed by atoms with Crippen molar-refractivity contribution >= 4 is 16.7 Å². The van der Waals surface area contributed by atoms with E-state index < -0.39 is 0 Å². The van der Waals surface area contributed by atoms with Crippen molar-refractivity contribution in [3.05, 3.63) is 60.7 Å². The number of anilines is 1. The molecule has 3 aromatic rings. The molecule has 2 saturated carbocycles. The molecule has 0 radical (unpaired) electrons. The molecule has 0 spiro atoms. The number of rotatable bonds is 4. The SMILES string of the molecule is c1ccc(-c2cc(N(C3CCCCC3)C3CCCCC3)nc3ccccc23)cc1. The summed E-state index contributed by atoms with van der Waals surface area (Å²) in [5, 5.41) is 1.26. The fraction of sp³-hybridized carbons (Fsp3) is 0.444. The van der Waals surface area contributed by atoms with E-state index in [4.69, 9.17) is 4.98 Å². The molecule has 1 heterocycles. The zero-order valence-corrected chi connectivity index (χ0v) is 17.4. The third-order valence-corrected chi connectivity index (χ3v) is 6.99. The summed E-state index contributed by atoms with van der Waals surface area (Å²) in [6.45, 7) is 0. The zero-order chi connectivity index (χ0) is 19.5. The van der Waals surface area contributed by atoms with Crippen LogP contribution in [0.4, 0.5) is 5.82 Å². The van der Waals surface area contributed by atoms with Gasteiger partial charge >= 0.3 is 0 Å². The van der Waals surface area contributed by atoms with Crippen LogP contribution in [0.2, 0.25) is 0 Å². The molecule has 0 unspecified atom stereocenters. The Morgan fingerprint density at radius 1 is 0.655 bits per heavy atom. The zero-order valence-electron chi connectivity index (χ0n) is 17.4. The summed E-state index contributed by atoms with van der Waals surface area (Å²) in [6, 6.07) is 23.2. The Balaban J connectivity index is 1.64. The first-order chi connectivity index (χ1) is 14.4. The van der Waals surface area contributed by atoms with Crippen LogP contribution in [-0.4, -0.2) is 17.1 Å². The normalized spacial score (nSPS) is 18.8. The van der Waals surface area contributed by atoms with Crippen LogP contribution in [0.25, 0.3) is 22.0 Å². The summed E-state index contributed by atoms with van der Waals surface area (Å²) in [4.78, 5) is 8.00. The average molecular weight is 385 g/mol. The Hall–Kier alpha value is -2.35. The van der Waals surface area contributed by atoms with Crippen LogP contribution in [0.15, 0.2) is 60.7 Å². The van der Waals surface area contributed by atoms with E-state index in [1.165, 1.54) is 86.5 Å². The summed E-state index contributed by atoms with van der Waals surface area (Å²) >= 11 is 0. The molecular formula is C27H32N2. The van der Waals surface area contributed by atoms with Crippen LogP contribution in [-0.2, 0) is 0 Å². The molecule has 2 aliphatic rings. The predicted molar refractivity (Wildman–Crippen MR) is 123 cm³/mol. The van der Waals surface area contributed by atoms with Crippen LogP contribution >= 0.6 is 0 Å². The quantitative estimate of drug-likeness (QED) is 0.466. The molecule has 2 aliphatic carbocycles. The molecular weight excluding hydrogens is 352 g/mol. The second-order valence-corrected chi connectivity index (χ2v) is 8.90. The number of hydrogen-bond donors (Lipinski definition) is 0. The van der Waals surface area contributed by atoms with Crippen LogP contribution in [0.3, 0.4) is 0 Å². The van der Waals surface area contributed by atoms with Crippen LogP contribution in [0.5, 0.6) is 0 Å². The van der Waals surface area contributed by atoms with E-state index in [1.807, 2.05) is 0 Å². The van der Waals surface area contributed by atoms with Gasteiger partial charge in [0.2, 0.25) is 0 Å². The fourth-order valence-corrected chi connectivity index (χ4v) is 5.54. The van der Waals surface area contributed by atoms with Gasteiger partial charge in [0.15, 0.2) is 0 Å². The minimum atomic E-state index is 0.657. The summed E-state index contributed by atoms with van der Waals surface area (Å²) in [5.74, 6) is 1.21. The number of hydrogen-bond acceptors (Lipinski definition) is 2. The van der Waals surface area contributed by atoms with Gasteiger partial charge in [-0.2, -0.15) is 0 Å². The van der Waals surface area contributed by atoms with Crippen molar-refractivity contribution in [3.63, 3.8) is 0 Å². The Morgan fingerprint density at radius 3 is 1.90 bits per heavy atom. The summed E-state index contributed by atoms with van der Waals surface area (Å²) in [7, 11) is 0. The standard InChI is InChI=1S/C27H32N2/c1-4-12-21(13-5-1)25-20-27(28-26-19-11-10-18-24(25)26)29(22-14-6-2-7-15-22)23-16-8-3-9-17-23/h1,4-5,10-13,18-20,22-23H,2-3,6-9,14-17H2. The number of para-hydroxylation sites is 1. The van der Waals surface area contributed by atoms with Gasteiger partial charge in [-0.05, 0) is 48.9 Å². The molecule has 0 aliphatic heterocycles. The highest BCUT2D eigenvalue weighted by Crippen LogP contribution is 2.37. The lowest BCUT2D eigenvalue weighted by Crippen LogP contribution is -2.46. The van der Waals surface area contributed by atoms with Gasteiger partial charge in [-0.3, -0.25) is 0 Å². The summed E-state index contributed by atoms with van der Waals surface area (Å²) < 4.78 is 0. The van der Waals surface area contributed by atoms with Gasteiger partial charge < -0.3 is 4.90 Å². The van der Waals surface area contributed by atoms with E-state index in [1.54, 1.807) is 0 Å². The number of pyridine rings is 1. The maximum atomic E-state index is 5.24. The van der Waals surface area contributed by atoms with Gasteiger partial charge in [-0.25, -0.2) is 4.98 Å². The maximum Gasteiger partial charge on any atom is 0.130 e. The fourth-order valence-electron chi connectivity index (χ4n) is 5.54. The number of nitrogens with zero attached hydrogens (tertiary/aromatic N) is 2. The molecule has 2 heteroatoms. The van der Waals surface area contributed by atoms with Gasteiger partial charge in [-0.1, -0.05) is 87.1 Å². The highest BCUT2D eigenvalue weighted by atomic mass is 15.2. The molecule has 0 atom stereocenters. The summed E-state index contributed by atoms with van der Waals surface area (Å²) in [6.07, 6.45) is 13.6. The van der Waals surface area contributed by atoms with Crippen LogP contribution in [0, 0.1) is 0 Å². The molecule has 0 amide bonds. The van der Waals surface area contributed by atoms with E-state index in [9.17, 15) is 0 Å². The van der Waals surface area contributed by atoms with E-state index in [2.05, 4.69) is 65.6 Å². The van der Waals surface area contributed by atoms with Gasteiger partial charge in [0, 0.05) is 17.5 Å². The van der Waals surface area contributed by atoms with E-state index in [0.717, 1.165) is 5.52 Å². The van der Waals surface area contributed by atoms with Gasteiger partial charge in [0.25, 0.3) is 0 Å². The van der Waals surface area contributed by atoms with Crippen LogP contribution < -0.4 is 4.90 Å². The Kier molecular flexibility index (Phi) is 5.51. The van der Waals surface area contributed by atoms with Gasteiger partial charge in [0.1, 0.15) is 5.82 Å².